The van der Waals surface area contributed by atoms with Crippen LogP contribution in [0.1, 0.15) is 12.8 Å². The number of alkyl halides is 3. The number of carbonyl (C=O) groups excluding carboxylic acids is 1. The topological polar surface area (TPSA) is 234 Å². The zero-order chi connectivity index (χ0) is 23.9. The van der Waals surface area contributed by atoms with Gasteiger partial charge in [-0.2, -0.15) is 30.6 Å². The van der Waals surface area contributed by atoms with Crippen molar-refractivity contribution in [1.29, 1.82) is 0 Å². The number of amides is 1. The second kappa shape index (κ2) is 10.9. The Balaban J connectivity index is 0.00000103. The van der Waals surface area contributed by atoms with Crippen LogP contribution in [0, 0.1) is 5.92 Å². The van der Waals surface area contributed by atoms with E-state index in [1.807, 2.05) is 4.72 Å². The first-order valence-corrected chi connectivity index (χ1v) is 9.59. The Hall–Kier alpha value is -1.99. The molecule has 1 fully saturated rings. The van der Waals surface area contributed by atoms with Crippen LogP contribution in [0.4, 0.5) is 13.2 Å². The summed E-state index contributed by atoms with van der Waals surface area (Å²) in [4.78, 5) is 31.0. The molecule has 1 saturated heterocycles. The van der Waals surface area contributed by atoms with E-state index in [2.05, 4.69) is 0 Å². The molecule has 0 aromatic carbocycles. The van der Waals surface area contributed by atoms with Gasteiger partial charge in [-0.3, -0.25) is 9.59 Å². The number of nitrogens with two attached hydrogens (primary N) is 2. The lowest BCUT2D eigenvalue weighted by atomic mass is 9.78. The molecule has 0 aromatic heterocycles. The monoisotopic (exact) mass is 466 g/mol. The number of nitrogens with zero attached hydrogens (tertiary/aromatic N) is 1. The van der Waals surface area contributed by atoms with Crippen LogP contribution < -0.4 is 16.2 Å². The Bertz CT molecular complexity index is 737. The average Bonchev–Trinajstić information content (AvgIpc) is 2.92. The molecule has 1 aliphatic heterocycles. The summed E-state index contributed by atoms with van der Waals surface area (Å²) in [6, 6.07) is 0. The molecule has 1 heterocycles. The number of hydrogen-bond donors (Lipinski definition) is 7. The maximum absolute atomic E-state index is 12.1. The Labute approximate surface area is 169 Å². The van der Waals surface area contributed by atoms with E-state index >= 15 is 0 Å². The Morgan fingerprint density at radius 3 is 2.10 bits per heavy atom. The minimum atomic E-state index is -5.08. The minimum Gasteiger partial charge on any atom is -0.480 e. The van der Waals surface area contributed by atoms with Crippen molar-refractivity contribution in [2.75, 3.05) is 19.6 Å². The highest BCUT2D eigenvalue weighted by atomic mass is 32.2. The molecule has 0 bridgehead atoms. The van der Waals surface area contributed by atoms with Crippen LogP contribution >= 0.6 is 0 Å². The van der Waals surface area contributed by atoms with Gasteiger partial charge in [0.05, 0.1) is 6.54 Å². The predicted molar refractivity (Wildman–Crippen MR) is 93.7 cm³/mol. The highest BCUT2D eigenvalue weighted by Crippen LogP contribution is 2.31. The van der Waals surface area contributed by atoms with E-state index in [0.717, 1.165) is 4.31 Å². The number of carbonyl (C=O) groups is 3. The summed E-state index contributed by atoms with van der Waals surface area (Å²) in [7, 11) is -5.62. The molecule has 1 amide bonds. The van der Waals surface area contributed by atoms with E-state index in [1.165, 1.54) is 0 Å². The Kier molecular flexibility index (Phi) is 10.1. The van der Waals surface area contributed by atoms with E-state index in [4.69, 9.17) is 31.4 Å². The van der Waals surface area contributed by atoms with Gasteiger partial charge in [0.1, 0.15) is 5.54 Å². The van der Waals surface area contributed by atoms with Gasteiger partial charge in [-0.15, -0.1) is 0 Å². The van der Waals surface area contributed by atoms with Gasteiger partial charge in [-0.05, 0) is 12.7 Å². The standard InChI is InChI=1S/C10H21BN4O7S.C2HF3O2/c12-8(16)4-14-23(21,22)15-5-7(2-1-3-11(19)20)10(13,6-15)9(17)18;3-2(4,5)1(6)7/h7,14,19-20H,1-6,13H2,(H2,12,16)(H,17,18);(H,6,7)/t7-,10-;/m1./s1. The van der Waals surface area contributed by atoms with E-state index in [1.54, 1.807) is 0 Å². The average molecular weight is 466 g/mol. The van der Waals surface area contributed by atoms with Crippen LogP contribution in [0.15, 0.2) is 0 Å². The van der Waals surface area contributed by atoms with Crippen molar-refractivity contribution in [2.45, 2.75) is 30.9 Å². The normalized spacial score (nSPS) is 22.1. The maximum Gasteiger partial charge on any atom is 0.490 e. The third-order valence-electron chi connectivity index (χ3n) is 4.01. The van der Waals surface area contributed by atoms with Crippen LogP contribution in [0.5, 0.6) is 0 Å². The van der Waals surface area contributed by atoms with E-state index in [9.17, 15) is 36.3 Å². The SMILES string of the molecule is NC(=O)CNS(=O)(=O)N1C[C@@H](CCCB(O)O)[C@@](N)(C(=O)O)C1.O=C(O)C(F)(F)F. The van der Waals surface area contributed by atoms with Crippen LogP contribution in [0.25, 0.3) is 0 Å². The Morgan fingerprint density at radius 2 is 1.73 bits per heavy atom. The molecule has 0 aromatic rings. The summed E-state index contributed by atoms with van der Waals surface area (Å²) in [6.45, 7) is -1.22. The molecule has 13 nitrogen and oxygen atoms in total. The Morgan fingerprint density at radius 1 is 1.23 bits per heavy atom. The zero-order valence-corrected chi connectivity index (χ0v) is 16.2. The second-order valence-corrected chi connectivity index (χ2v) is 8.10. The van der Waals surface area contributed by atoms with Crippen molar-refractivity contribution in [1.82, 2.24) is 9.03 Å². The number of halogens is 3. The first-order chi connectivity index (χ1) is 13.4. The van der Waals surface area contributed by atoms with Gasteiger partial charge in [0, 0.05) is 19.0 Å². The van der Waals surface area contributed by atoms with Crippen LogP contribution in [-0.2, 0) is 24.6 Å². The van der Waals surface area contributed by atoms with Gasteiger partial charge in [0.25, 0.3) is 10.2 Å². The summed E-state index contributed by atoms with van der Waals surface area (Å²) in [5.74, 6) is -5.69. The van der Waals surface area contributed by atoms with Crippen LogP contribution in [-0.4, -0.2) is 89.3 Å². The molecule has 30 heavy (non-hydrogen) atoms. The van der Waals surface area contributed by atoms with Gasteiger partial charge >= 0.3 is 25.2 Å². The molecule has 0 radical (unpaired) electrons. The smallest absolute Gasteiger partial charge is 0.480 e. The third kappa shape index (κ3) is 8.80. The quantitative estimate of drug-likeness (QED) is 0.169. The van der Waals surface area contributed by atoms with Crippen molar-refractivity contribution in [3.63, 3.8) is 0 Å². The third-order valence-corrected chi connectivity index (χ3v) is 5.48. The molecule has 2 atom stereocenters. The maximum atomic E-state index is 12.1. The van der Waals surface area contributed by atoms with Crippen molar-refractivity contribution in [3.05, 3.63) is 0 Å². The first-order valence-electron chi connectivity index (χ1n) is 8.15. The number of hydrogen-bond acceptors (Lipinski definition) is 8. The highest BCUT2D eigenvalue weighted by Gasteiger charge is 2.52. The number of carboxylic acid groups (broad SMARTS) is 2. The van der Waals surface area contributed by atoms with E-state index < -0.39 is 65.9 Å². The lowest BCUT2D eigenvalue weighted by Gasteiger charge is -2.25. The van der Waals surface area contributed by atoms with Crippen molar-refractivity contribution in [3.8, 4) is 0 Å². The highest BCUT2D eigenvalue weighted by molar-refractivity contribution is 7.87. The van der Waals surface area contributed by atoms with Gasteiger partial charge in [0.15, 0.2) is 0 Å². The van der Waals surface area contributed by atoms with Crippen LogP contribution in [0.3, 0.4) is 0 Å². The molecule has 0 saturated carbocycles. The summed E-state index contributed by atoms with van der Waals surface area (Å²) < 4.78 is 58.7. The molecule has 0 aliphatic carbocycles. The van der Waals surface area contributed by atoms with Gasteiger partial charge in [-0.1, -0.05) is 6.42 Å². The molecule has 9 N–H and O–H groups in total. The molecule has 0 spiro atoms. The lowest BCUT2D eigenvalue weighted by molar-refractivity contribution is -0.192. The fraction of sp³-hybridized carbons (Fsp3) is 0.750. The minimum absolute atomic E-state index is 0.0267. The van der Waals surface area contributed by atoms with E-state index in [-0.39, 0.29) is 25.7 Å². The molecule has 1 rings (SSSR count). The van der Waals surface area contributed by atoms with Gasteiger partial charge < -0.3 is 31.7 Å². The number of carboxylic acids is 2. The van der Waals surface area contributed by atoms with E-state index in [0.29, 0.717) is 0 Å². The van der Waals surface area contributed by atoms with Crippen molar-refractivity contribution in [2.24, 2.45) is 17.4 Å². The summed E-state index contributed by atoms with van der Waals surface area (Å²) >= 11 is 0. The predicted octanol–water partition coefficient (Wildman–Crippen LogP) is -3.09. The molecule has 1 aliphatic rings. The molecule has 0 unspecified atom stereocenters. The fourth-order valence-electron chi connectivity index (χ4n) is 2.47. The fourth-order valence-corrected chi connectivity index (χ4v) is 3.74. The summed E-state index contributed by atoms with van der Waals surface area (Å²) in [5, 5.41) is 34.1. The number of rotatable bonds is 9. The lowest BCUT2D eigenvalue weighted by Crippen LogP contribution is -2.55. The van der Waals surface area contributed by atoms with Gasteiger partial charge in [0.2, 0.25) is 5.91 Å². The second-order valence-electron chi connectivity index (χ2n) is 6.34. The first kappa shape index (κ1) is 28.0. The van der Waals surface area contributed by atoms with Crippen LogP contribution in [0.2, 0.25) is 6.32 Å². The molecule has 18 heteroatoms. The molecular formula is C12H22BF3N4O9S. The largest absolute Gasteiger partial charge is 0.490 e. The summed E-state index contributed by atoms with van der Waals surface area (Å²) in [5.41, 5.74) is 8.94. The molecular weight excluding hydrogens is 444 g/mol. The number of nitrogens with one attached hydrogen (secondary N) is 1. The van der Waals surface area contributed by atoms with Crippen molar-refractivity contribution < 1.29 is 56.2 Å². The van der Waals surface area contributed by atoms with Gasteiger partial charge in [-0.25, -0.2) is 4.79 Å². The number of primary amides is 1. The number of aliphatic carboxylic acids is 2. The van der Waals surface area contributed by atoms with Crippen molar-refractivity contribution >= 4 is 35.2 Å². The zero-order valence-electron chi connectivity index (χ0n) is 15.4. The molecule has 174 valence electrons. The summed E-state index contributed by atoms with van der Waals surface area (Å²) in [6.07, 6.45) is -4.57.